The van der Waals surface area contributed by atoms with Crippen molar-refractivity contribution in [1.82, 2.24) is 9.55 Å². The van der Waals surface area contributed by atoms with Gasteiger partial charge in [-0.15, -0.1) is 0 Å². The highest BCUT2D eigenvalue weighted by Crippen LogP contribution is 2.26. The largest absolute Gasteiger partial charge is 0.497 e. The lowest BCUT2D eigenvalue weighted by Gasteiger charge is -2.08. The molecule has 0 spiro atoms. The molecule has 3 rings (SSSR count). The van der Waals surface area contributed by atoms with E-state index in [2.05, 4.69) is 4.98 Å². The first-order chi connectivity index (χ1) is 10.1. The summed E-state index contributed by atoms with van der Waals surface area (Å²) in [5, 5.41) is 0.0503. The van der Waals surface area contributed by atoms with Gasteiger partial charge in [-0.3, -0.25) is 0 Å². The summed E-state index contributed by atoms with van der Waals surface area (Å²) in [7, 11) is 1.61. The van der Waals surface area contributed by atoms with Crippen molar-refractivity contribution in [3.8, 4) is 5.75 Å². The van der Waals surface area contributed by atoms with E-state index in [4.69, 9.17) is 22.1 Å². The molecule has 0 fully saturated rings. The summed E-state index contributed by atoms with van der Waals surface area (Å²) in [4.78, 5) is 4.16. The fourth-order valence-corrected chi connectivity index (χ4v) is 2.42. The van der Waals surface area contributed by atoms with Gasteiger partial charge in [-0.2, -0.15) is 0 Å². The molecule has 0 bridgehead atoms. The van der Waals surface area contributed by atoms with Crippen molar-refractivity contribution < 1.29 is 9.13 Å². The van der Waals surface area contributed by atoms with Gasteiger partial charge >= 0.3 is 0 Å². The van der Waals surface area contributed by atoms with E-state index in [1.807, 2.05) is 24.3 Å². The van der Waals surface area contributed by atoms with Gasteiger partial charge in [0.1, 0.15) is 11.6 Å². The zero-order valence-corrected chi connectivity index (χ0v) is 12.1. The summed E-state index contributed by atoms with van der Waals surface area (Å²) in [5.74, 6) is 0.573. The molecule has 0 aliphatic rings. The number of methoxy groups -OCH3 is 1. The number of benzene rings is 2. The number of imidazole rings is 1. The second-order valence-corrected chi connectivity index (χ2v) is 5.07. The van der Waals surface area contributed by atoms with Crippen molar-refractivity contribution >= 4 is 28.6 Å². The van der Waals surface area contributed by atoms with Gasteiger partial charge in [0, 0.05) is 6.07 Å². The zero-order chi connectivity index (χ0) is 15.0. The van der Waals surface area contributed by atoms with E-state index in [9.17, 15) is 4.39 Å². The summed E-state index contributed by atoms with van der Waals surface area (Å²) in [6.07, 6.45) is 0. The molecule has 3 aromatic rings. The van der Waals surface area contributed by atoms with Gasteiger partial charge in [0.25, 0.3) is 0 Å². The molecule has 1 heterocycles. The van der Waals surface area contributed by atoms with Crippen LogP contribution < -0.4 is 10.5 Å². The topological polar surface area (TPSA) is 53.1 Å². The van der Waals surface area contributed by atoms with Crippen molar-refractivity contribution in [3.05, 3.63) is 52.8 Å². The highest BCUT2D eigenvalue weighted by molar-refractivity contribution is 6.31. The number of nitrogen functional groups attached to an aromatic ring is 1. The van der Waals surface area contributed by atoms with E-state index in [0.717, 1.165) is 11.3 Å². The Labute approximate surface area is 125 Å². The molecular weight excluding hydrogens is 293 g/mol. The second kappa shape index (κ2) is 5.26. The van der Waals surface area contributed by atoms with Crippen molar-refractivity contribution in [2.45, 2.75) is 6.54 Å². The maximum atomic E-state index is 13.5. The molecule has 0 amide bonds. The van der Waals surface area contributed by atoms with E-state index in [1.54, 1.807) is 11.7 Å². The molecule has 0 atom stereocenters. The van der Waals surface area contributed by atoms with E-state index in [0.29, 0.717) is 23.5 Å². The molecule has 6 heteroatoms. The molecule has 0 aliphatic carbocycles. The first-order valence-corrected chi connectivity index (χ1v) is 6.70. The molecule has 108 valence electrons. The molecule has 0 saturated heterocycles. The average molecular weight is 306 g/mol. The predicted octanol–water partition coefficient (Wildman–Crippen LogP) is 3.47. The average Bonchev–Trinajstić information content (AvgIpc) is 2.76. The Balaban J connectivity index is 2.07. The SMILES string of the molecule is COc1cccc(Cn2c(N)nc3cc(F)c(Cl)cc32)c1. The number of halogens is 2. The van der Waals surface area contributed by atoms with Gasteiger partial charge in [0.15, 0.2) is 0 Å². The van der Waals surface area contributed by atoms with E-state index in [1.165, 1.54) is 12.1 Å². The lowest BCUT2D eigenvalue weighted by molar-refractivity contribution is 0.414. The van der Waals surface area contributed by atoms with Crippen LogP contribution in [0.15, 0.2) is 36.4 Å². The third-order valence-electron chi connectivity index (χ3n) is 3.29. The van der Waals surface area contributed by atoms with Crippen LogP contribution in [0.25, 0.3) is 11.0 Å². The first-order valence-electron chi connectivity index (χ1n) is 6.32. The number of nitrogens with two attached hydrogens (primary N) is 1. The normalized spacial score (nSPS) is 11.0. The number of nitrogens with zero attached hydrogens (tertiary/aromatic N) is 2. The maximum absolute atomic E-state index is 13.5. The fourth-order valence-electron chi connectivity index (χ4n) is 2.26. The van der Waals surface area contributed by atoms with Crippen LogP contribution in [0.3, 0.4) is 0 Å². The van der Waals surface area contributed by atoms with E-state index in [-0.39, 0.29) is 5.02 Å². The van der Waals surface area contributed by atoms with Crippen LogP contribution in [-0.2, 0) is 6.54 Å². The molecule has 1 aromatic heterocycles. The number of ether oxygens (including phenoxy) is 1. The minimum absolute atomic E-state index is 0.0503. The molecule has 0 radical (unpaired) electrons. The van der Waals surface area contributed by atoms with E-state index < -0.39 is 5.82 Å². The van der Waals surface area contributed by atoms with Crippen molar-refractivity contribution in [2.24, 2.45) is 0 Å². The Kier molecular flexibility index (Phi) is 3.43. The standard InChI is InChI=1S/C15H13ClFN3O/c1-21-10-4-2-3-9(5-10)8-20-14-6-11(16)12(17)7-13(14)19-15(20)18/h2-7H,8H2,1H3,(H2,18,19). The maximum Gasteiger partial charge on any atom is 0.201 e. The Morgan fingerprint density at radius 3 is 2.90 bits per heavy atom. The third kappa shape index (κ3) is 2.52. The highest BCUT2D eigenvalue weighted by atomic mass is 35.5. The van der Waals surface area contributed by atoms with Crippen molar-refractivity contribution in [2.75, 3.05) is 12.8 Å². The zero-order valence-electron chi connectivity index (χ0n) is 11.3. The molecule has 2 N–H and O–H groups in total. The lowest BCUT2D eigenvalue weighted by Crippen LogP contribution is -2.04. The number of aromatic nitrogens is 2. The van der Waals surface area contributed by atoms with Crippen LogP contribution in [0.5, 0.6) is 5.75 Å². The van der Waals surface area contributed by atoms with Crippen LogP contribution in [0, 0.1) is 5.82 Å². The van der Waals surface area contributed by atoms with Crippen molar-refractivity contribution in [3.63, 3.8) is 0 Å². The van der Waals surface area contributed by atoms with Crippen molar-refractivity contribution in [1.29, 1.82) is 0 Å². The summed E-state index contributed by atoms with van der Waals surface area (Å²) in [6.45, 7) is 0.501. The van der Waals surface area contributed by atoms with Gasteiger partial charge < -0.3 is 15.0 Å². The van der Waals surface area contributed by atoms with Crippen LogP contribution in [-0.4, -0.2) is 16.7 Å². The number of anilines is 1. The summed E-state index contributed by atoms with van der Waals surface area (Å²) in [6, 6.07) is 10.5. The Bertz CT molecular complexity index is 816. The minimum atomic E-state index is -0.504. The molecule has 2 aromatic carbocycles. The second-order valence-electron chi connectivity index (χ2n) is 4.66. The molecule has 4 nitrogen and oxygen atoms in total. The quantitative estimate of drug-likeness (QED) is 0.806. The Morgan fingerprint density at radius 2 is 2.14 bits per heavy atom. The van der Waals surface area contributed by atoms with Gasteiger partial charge in [0.05, 0.1) is 29.7 Å². The number of hydrogen-bond acceptors (Lipinski definition) is 3. The van der Waals surface area contributed by atoms with Gasteiger partial charge in [0.2, 0.25) is 5.95 Å². The van der Waals surface area contributed by atoms with E-state index >= 15 is 0 Å². The predicted molar refractivity (Wildman–Crippen MR) is 81.2 cm³/mol. The highest BCUT2D eigenvalue weighted by Gasteiger charge is 2.12. The smallest absolute Gasteiger partial charge is 0.201 e. The summed E-state index contributed by atoms with van der Waals surface area (Å²) < 4.78 is 20.5. The van der Waals surface area contributed by atoms with Gasteiger partial charge in [-0.25, -0.2) is 9.37 Å². The summed E-state index contributed by atoms with van der Waals surface area (Å²) in [5.41, 5.74) is 8.11. The molecule has 0 unspecified atom stereocenters. The third-order valence-corrected chi connectivity index (χ3v) is 3.58. The molecule has 0 aliphatic heterocycles. The molecular formula is C15H13ClFN3O. The van der Waals surface area contributed by atoms with Crippen LogP contribution >= 0.6 is 11.6 Å². The van der Waals surface area contributed by atoms with Crippen LogP contribution in [0.4, 0.5) is 10.3 Å². The van der Waals surface area contributed by atoms with Crippen LogP contribution in [0.2, 0.25) is 5.02 Å². The number of hydrogen-bond donors (Lipinski definition) is 1. The minimum Gasteiger partial charge on any atom is -0.497 e. The molecule has 0 saturated carbocycles. The van der Waals surface area contributed by atoms with Gasteiger partial charge in [-0.05, 0) is 23.8 Å². The number of rotatable bonds is 3. The monoisotopic (exact) mass is 305 g/mol. The summed E-state index contributed by atoms with van der Waals surface area (Å²) >= 11 is 5.84. The Morgan fingerprint density at radius 1 is 1.33 bits per heavy atom. The van der Waals surface area contributed by atoms with Gasteiger partial charge in [-0.1, -0.05) is 23.7 Å². The fraction of sp³-hybridized carbons (Fsp3) is 0.133. The van der Waals surface area contributed by atoms with Crippen LogP contribution in [0.1, 0.15) is 5.56 Å². The Hall–Kier alpha value is -2.27. The lowest BCUT2D eigenvalue weighted by atomic mass is 10.2. The first kappa shape index (κ1) is 13.7. The number of fused-ring (bicyclic) bond motifs is 1. The molecule has 21 heavy (non-hydrogen) atoms.